The van der Waals surface area contributed by atoms with E-state index in [1.165, 1.54) is 17.4 Å². The molecule has 0 aliphatic heterocycles. The van der Waals surface area contributed by atoms with Gasteiger partial charge >= 0.3 is 0 Å². The van der Waals surface area contributed by atoms with Crippen LogP contribution >= 0.6 is 15.9 Å². The van der Waals surface area contributed by atoms with Gasteiger partial charge in [-0.1, -0.05) is 22.9 Å². The molecule has 1 rings (SSSR count). The van der Waals surface area contributed by atoms with Crippen LogP contribution in [0, 0.1) is 5.82 Å². The van der Waals surface area contributed by atoms with Gasteiger partial charge in [-0.2, -0.15) is 4.31 Å². The number of halogens is 2. The van der Waals surface area contributed by atoms with Gasteiger partial charge in [-0.25, -0.2) is 12.8 Å². The summed E-state index contributed by atoms with van der Waals surface area (Å²) in [6.45, 7) is 6.55. The number of hydrogen-bond donors (Lipinski definition) is 1. The van der Waals surface area contributed by atoms with Crippen LogP contribution in [-0.2, 0) is 16.6 Å². The van der Waals surface area contributed by atoms with E-state index < -0.39 is 15.8 Å². The van der Waals surface area contributed by atoms with Crippen LogP contribution in [0.2, 0.25) is 0 Å². The molecule has 0 aliphatic carbocycles. The summed E-state index contributed by atoms with van der Waals surface area (Å²) in [5.41, 5.74) is 0.341. The van der Waals surface area contributed by atoms with Crippen LogP contribution in [0.3, 0.4) is 0 Å². The topological polar surface area (TPSA) is 49.4 Å². The second-order valence-electron chi connectivity index (χ2n) is 5.17. The monoisotopic (exact) mass is 380 g/mol. The second kappa shape index (κ2) is 7.67. The van der Waals surface area contributed by atoms with Gasteiger partial charge in [-0.15, -0.1) is 0 Å². The number of sulfonamides is 1. The molecule has 0 spiro atoms. The summed E-state index contributed by atoms with van der Waals surface area (Å²) < 4.78 is 41.2. The zero-order valence-corrected chi connectivity index (χ0v) is 15.2. The molecule has 1 N–H and O–H groups in total. The van der Waals surface area contributed by atoms with Gasteiger partial charge < -0.3 is 5.32 Å². The van der Waals surface area contributed by atoms with Crippen molar-refractivity contribution >= 4 is 26.0 Å². The van der Waals surface area contributed by atoms with E-state index in [-0.39, 0.29) is 10.9 Å². The van der Waals surface area contributed by atoms with Gasteiger partial charge in [0.15, 0.2) is 0 Å². The van der Waals surface area contributed by atoms with E-state index >= 15 is 0 Å². The summed E-state index contributed by atoms with van der Waals surface area (Å²) in [6, 6.07) is 2.68. The molecule has 0 saturated heterocycles. The number of benzene rings is 1. The van der Waals surface area contributed by atoms with E-state index in [0.717, 1.165) is 13.0 Å². The maximum Gasteiger partial charge on any atom is 0.246 e. The van der Waals surface area contributed by atoms with Gasteiger partial charge in [0.05, 0.1) is 0 Å². The molecule has 1 aromatic carbocycles. The summed E-state index contributed by atoms with van der Waals surface area (Å²) in [4.78, 5) is -0.290. The van der Waals surface area contributed by atoms with Gasteiger partial charge in [-0.05, 0) is 38.9 Å². The Hall–Kier alpha value is -0.500. The first-order valence-corrected chi connectivity index (χ1v) is 9.11. The molecule has 0 aromatic heterocycles. The van der Waals surface area contributed by atoms with Gasteiger partial charge in [0.2, 0.25) is 10.0 Å². The van der Waals surface area contributed by atoms with E-state index in [1.807, 2.05) is 6.92 Å². The minimum Gasteiger partial charge on any atom is -0.313 e. The molecule has 0 atom stereocenters. The maximum atomic E-state index is 14.5. The van der Waals surface area contributed by atoms with E-state index in [1.54, 1.807) is 19.9 Å². The van der Waals surface area contributed by atoms with Crippen molar-refractivity contribution in [1.82, 2.24) is 9.62 Å². The van der Waals surface area contributed by atoms with Gasteiger partial charge in [0.1, 0.15) is 10.7 Å². The molecule has 4 nitrogen and oxygen atoms in total. The third kappa shape index (κ3) is 4.48. The minimum atomic E-state index is -3.84. The zero-order valence-electron chi connectivity index (χ0n) is 12.8. The van der Waals surface area contributed by atoms with Gasteiger partial charge in [0.25, 0.3) is 0 Å². The second-order valence-corrected chi connectivity index (χ2v) is 8.05. The number of nitrogens with one attached hydrogen (secondary N) is 1. The highest BCUT2D eigenvalue weighted by molar-refractivity contribution is 9.10. The molecule has 0 amide bonds. The average molecular weight is 381 g/mol. The quantitative estimate of drug-likeness (QED) is 0.739. The molecular formula is C14H22BrFN2O2S. The Kier molecular flexibility index (Phi) is 6.77. The molecule has 0 saturated carbocycles. The lowest BCUT2D eigenvalue weighted by Gasteiger charge is -2.22. The Morgan fingerprint density at radius 3 is 2.52 bits per heavy atom. The fourth-order valence-electron chi connectivity index (χ4n) is 1.77. The SMILES string of the molecule is CCCNCc1cc(Br)cc(S(=O)(=O)N(C)C(C)C)c1F. The van der Waals surface area contributed by atoms with Crippen molar-refractivity contribution in [2.24, 2.45) is 0 Å². The highest BCUT2D eigenvalue weighted by Crippen LogP contribution is 2.27. The predicted octanol–water partition coefficient (Wildman–Crippen LogP) is 3.12. The minimum absolute atomic E-state index is 0.241. The highest BCUT2D eigenvalue weighted by atomic mass is 79.9. The fraction of sp³-hybridized carbons (Fsp3) is 0.571. The zero-order chi connectivity index (χ0) is 16.2. The first-order valence-electron chi connectivity index (χ1n) is 6.88. The van der Waals surface area contributed by atoms with E-state index in [2.05, 4.69) is 21.2 Å². The maximum absolute atomic E-state index is 14.5. The molecule has 0 heterocycles. The van der Waals surface area contributed by atoms with Crippen LogP contribution in [0.25, 0.3) is 0 Å². The molecule has 21 heavy (non-hydrogen) atoms. The largest absolute Gasteiger partial charge is 0.313 e. The Bertz CT molecular complexity index is 591. The van der Waals surface area contributed by atoms with Crippen molar-refractivity contribution in [3.8, 4) is 0 Å². The molecule has 0 fully saturated rings. The van der Waals surface area contributed by atoms with E-state index in [9.17, 15) is 12.8 Å². The molecule has 0 radical (unpaired) electrons. The van der Waals surface area contributed by atoms with Gasteiger partial charge in [-0.3, -0.25) is 0 Å². The fourth-order valence-corrected chi connectivity index (χ4v) is 3.92. The van der Waals surface area contributed by atoms with Crippen LogP contribution in [-0.4, -0.2) is 32.4 Å². The lowest BCUT2D eigenvalue weighted by atomic mass is 10.2. The van der Waals surface area contributed by atoms with E-state index in [4.69, 9.17) is 0 Å². The van der Waals surface area contributed by atoms with Crippen LogP contribution in [0.15, 0.2) is 21.5 Å². The molecular weight excluding hydrogens is 359 g/mol. The third-order valence-corrected chi connectivity index (χ3v) is 5.70. The average Bonchev–Trinajstić information content (AvgIpc) is 2.41. The number of hydrogen-bond acceptors (Lipinski definition) is 3. The number of nitrogens with zero attached hydrogens (tertiary/aromatic N) is 1. The summed E-state index contributed by atoms with van der Waals surface area (Å²) >= 11 is 3.26. The molecule has 120 valence electrons. The van der Waals surface area contributed by atoms with Crippen molar-refractivity contribution in [3.05, 3.63) is 28.0 Å². The summed E-state index contributed by atoms with van der Waals surface area (Å²) in [7, 11) is -2.39. The third-order valence-electron chi connectivity index (χ3n) is 3.21. The lowest BCUT2D eigenvalue weighted by Crippen LogP contribution is -2.33. The molecule has 0 aliphatic rings. The highest BCUT2D eigenvalue weighted by Gasteiger charge is 2.28. The summed E-state index contributed by atoms with van der Waals surface area (Å²) in [5, 5.41) is 3.08. The molecule has 1 aromatic rings. The standard InChI is InChI=1S/C14H22BrFN2O2S/c1-5-6-17-9-11-7-12(15)8-13(14(11)16)21(19,20)18(4)10(2)3/h7-8,10,17H,5-6,9H2,1-4H3. The van der Waals surface area contributed by atoms with Crippen molar-refractivity contribution in [1.29, 1.82) is 0 Å². The van der Waals surface area contributed by atoms with Crippen LogP contribution in [0.4, 0.5) is 4.39 Å². The van der Waals surface area contributed by atoms with Gasteiger partial charge in [0, 0.05) is 29.7 Å². The van der Waals surface area contributed by atoms with Crippen LogP contribution in [0.1, 0.15) is 32.8 Å². The first-order chi connectivity index (χ1) is 9.71. The van der Waals surface area contributed by atoms with Crippen molar-refractivity contribution in [3.63, 3.8) is 0 Å². The Morgan fingerprint density at radius 1 is 1.38 bits per heavy atom. The Balaban J connectivity index is 3.25. The summed E-state index contributed by atoms with van der Waals surface area (Å²) in [6.07, 6.45) is 0.927. The van der Waals surface area contributed by atoms with Crippen molar-refractivity contribution in [2.45, 2.75) is 44.7 Å². The number of rotatable bonds is 7. The van der Waals surface area contributed by atoms with Crippen LogP contribution < -0.4 is 5.32 Å². The first kappa shape index (κ1) is 18.5. The Labute approximate surface area is 134 Å². The molecule has 0 unspecified atom stereocenters. The Morgan fingerprint density at radius 2 is 2.00 bits per heavy atom. The van der Waals surface area contributed by atoms with Crippen molar-refractivity contribution < 1.29 is 12.8 Å². The molecule has 0 bridgehead atoms. The summed E-state index contributed by atoms with van der Waals surface area (Å²) in [5.74, 6) is -0.686. The lowest BCUT2D eigenvalue weighted by molar-refractivity contribution is 0.406. The van der Waals surface area contributed by atoms with Crippen molar-refractivity contribution in [2.75, 3.05) is 13.6 Å². The predicted molar refractivity (Wildman–Crippen MR) is 86.2 cm³/mol. The smallest absolute Gasteiger partial charge is 0.246 e. The molecule has 7 heteroatoms. The van der Waals surface area contributed by atoms with E-state index in [0.29, 0.717) is 16.6 Å². The van der Waals surface area contributed by atoms with Crippen LogP contribution in [0.5, 0.6) is 0 Å². The normalized spacial score (nSPS) is 12.4.